The second-order valence-electron chi connectivity index (χ2n) is 5.90. The second kappa shape index (κ2) is 7.04. The zero-order chi connectivity index (χ0) is 17.1. The lowest BCUT2D eigenvalue weighted by Crippen LogP contribution is -2.09. The zero-order valence-electron chi connectivity index (χ0n) is 14.1. The van der Waals surface area contributed by atoms with Crippen LogP contribution in [0.3, 0.4) is 0 Å². The van der Waals surface area contributed by atoms with Gasteiger partial charge in [-0.15, -0.1) is 11.8 Å². The number of rotatable bonds is 4. The predicted octanol–water partition coefficient (Wildman–Crippen LogP) is 7.03. The highest BCUT2D eigenvalue weighted by Crippen LogP contribution is 2.36. The van der Waals surface area contributed by atoms with Crippen molar-refractivity contribution in [2.75, 3.05) is 11.2 Å². The summed E-state index contributed by atoms with van der Waals surface area (Å²) in [4.78, 5) is 3.58. The summed E-state index contributed by atoms with van der Waals surface area (Å²) in [6.45, 7) is 0. The van der Waals surface area contributed by atoms with E-state index in [4.69, 9.17) is 0 Å². The SMILES string of the molecule is CSc1ccc(N(c2ccccc2)c2ccc3ccccc3c2)cc1. The predicted molar refractivity (Wildman–Crippen MR) is 110 cm³/mol. The molecule has 0 unspecified atom stereocenters. The number of fused-ring (bicyclic) bond motifs is 1. The molecule has 4 aromatic rings. The van der Waals surface area contributed by atoms with Gasteiger partial charge in [-0.25, -0.2) is 0 Å². The maximum Gasteiger partial charge on any atom is 0.0468 e. The van der Waals surface area contributed by atoms with E-state index in [0.717, 1.165) is 5.69 Å². The van der Waals surface area contributed by atoms with Crippen molar-refractivity contribution in [2.45, 2.75) is 4.90 Å². The van der Waals surface area contributed by atoms with Crippen LogP contribution in [-0.2, 0) is 0 Å². The highest BCUT2D eigenvalue weighted by Gasteiger charge is 2.12. The molecule has 0 heterocycles. The molecule has 0 amide bonds. The van der Waals surface area contributed by atoms with Crippen LogP contribution in [0.15, 0.2) is 102 Å². The number of hydrogen-bond donors (Lipinski definition) is 0. The standard InChI is InChI=1S/C23H19NS/c1-25-23-15-13-21(14-16-23)24(20-9-3-2-4-10-20)22-12-11-18-7-5-6-8-19(18)17-22/h2-17H,1H3. The van der Waals surface area contributed by atoms with Crippen LogP contribution in [0.1, 0.15) is 0 Å². The summed E-state index contributed by atoms with van der Waals surface area (Å²) < 4.78 is 0. The fraction of sp³-hybridized carbons (Fsp3) is 0.0435. The Balaban J connectivity index is 1.86. The quantitative estimate of drug-likeness (QED) is 0.366. The molecule has 0 saturated heterocycles. The van der Waals surface area contributed by atoms with Crippen LogP contribution in [0.5, 0.6) is 0 Å². The Morgan fingerprint density at radius 2 is 1.16 bits per heavy atom. The zero-order valence-corrected chi connectivity index (χ0v) is 14.9. The molecule has 4 aromatic carbocycles. The van der Waals surface area contributed by atoms with E-state index < -0.39 is 0 Å². The van der Waals surface area contributed by atoms with Crippen LogP contribution in [0.2, 0.25) is 0 Å². The van der Waals surface area contributed by atoms with E-state index in [1.807, 2.05) is 0 Å². The molecule has 1 nitrogen and oxygen atoms in total. The Morgan fingerprint density at radius 3 is 1.88 bits per heavy atom. The molecule has 0 aliphatic heterocycles. The summed E-state index contributed by atoms with van der Waals surface area (Å²) in [7, 11) is 0. The van der Waals surface area contributed by atoms with Crippen LogP contribution in [0, 0.1) is 0 Å². The van der Waals surface area contributed by atoms with Crippen LogP contribution in [-0.4, -0.2) is 6.26 Å². The number of benzene rings is 4. The summed E-state index contributed by atoms with van der Waals surface area (Å²) in [6, 6.07) is 34.4. The van der Waals surface area contributed by atoms with Gasteiger partial charge >= 0.3 is 0 Å². The molecule has 0 radical (unpaired) electrons. The lowest BCUT2D eigenvalue weighted by atomic mass is 10.1. The van der Waals surface area contributed by atoms with Gasteiger partial charge in [0.15, 0.2) is 0 Å². The van der Waals surface area contributed by atoms with Gasteiger partial charge in [0.1, 0.15) is 0 Å². The highest BCUT2D eigenvalue weighted by molar-refractivity contribution is 7.98. The maximum atomic E-state index is 2.30. The van der Waals surface area contributed by atoms with Crippen molar-refractivity contribution in [3.63, 3.8) is 0 Å². The van der Waals surface area contributed by atoms with Crippen molar-refractivity contribution in [1.82, 2.24) is 0 Å². The Kier molecular flexibility index (Phi) is 4.45. The summed E-state index contributed by atoms with van der Waals surface area (Å²) in [5.41, 5.74) is 3.50. The monoisotopic (exact) mass is 341 g/mol. The van der Waals surface area contributed by atoms with E-state index in [-0.39, 0.29) is 0 Å². The second-order valence-corrected chi connectivity index (χ2v) is 6.78. The Hall–Kier alpha value is -2.71. The minimum Gasteiger partial charge on any atom is -0.310 e. The van der Waals surface area contributed by atoms with Gasteiger partial charge in [0.25, 0.3) is 0 Å². The number of hydrogen-bond acceptors (Lipinski definition) is 2. The molecule has 25 heavy (non-hydrogen) atoms. The van der Waals surface area contributed by atoms with Crippen LogP contribution >= 0.6 is 11.8 Å². The number of nitrogens with zero attached hydrogens (tertiary/aromatic N) is 1. The third kappa shape index (κ3) is 3.26. The first-order valence-corrected chi connectivity index (χ1v) is 9.56. The maximum absolute atomic E-state index is 2.30. The van der Waals surface area contributed by atoms with E-state index >= 15 is 0 Å². The van der Waals surface area contributed by atoms with Gasteiger partial charge in [-0.2, -0.15) is 0 Å². The average Bonchev–Trinajstić information content (AvgIpc) is 2.69. The van der Waals surface area contributed by atoms with Gasteiger partial charge in [-0.1, -0.05) is 48.5 Å². The normalized spacial score (nSPS) is 10.8. The number of para-hydroxylation sites is 1. The molecule has 0 atom stereocenters. The number of anilines is 3. The number of thioether (sulfide) groups is 1. The first-order chi connectivity index (χ1) is 12.3. The largest absolute Gasteiger partial charge is 0.310 e. The molecule has 4 rings (SSSR count). The molecule has 0 aromatic heterocycles. The molecular formula is C23H19NS. The van der Waals surface area contributed by atoms with Crippen LogP contribution < -0.4 is 4.90 Å². The molecule has 0 N–H and O–H groups in total. The van der Waals surface area contributed by atoms with Gasteiger partial charge in [0.05, 0.1) is 0 Å². The summed E-state index contributed by atoms with van der Waals surface area (Å²) in [6.07, 6.45) is 2.10. The van der Waals surface area contributed by atoms with Crippen molar-refractivity contribution < 1.29 is 0 Å². The molecular weight excluding hydrogens is 322 g/mol. The topological polar surface area (TPSA) is 3.24 Å². The van der Waals surface area contributed by atoms with Gasteiger partial charge in [0.2, 0.25) is 0 Å². The molecule has 0 fully saturated rings. The summed E-state index contributed by atoms with van der Waals surface area (Å²) in [5, 5.41) is 2.51. The molecule has 0 aliphatic carbocycles. The Morgan fingerprint density at radius 1 is 0.560 bits per heavy atom. The van der Waals surface area contributed by atoms with E-state index in [2.05, 4.69) is 108 Å². The third-order valence-corrected chi connectivity index (χ3v) is 5.08. The van der Waals surface area contributed by atoms with Crippen LogP contribution in [0.4, 0.5) is 17.1 Å². The van der Waals surface area contributed by atoms with E-state index in [1.165, 1.54) is 27.0 Å². The van der Waals surface area contributed by atoms with Crippen molar-refractivity contribution in [2.24, 2.45) is 0 Å². The summed E-state index contributed by atoms with van der Waals surface area (Å²) in [5.74, 6) is 0. The molecule has 0 saturated carbocycles. The van der Waals surface area contributed by atoms with E-state index in [9.17, 15) is 0 Å². The molecule has 2 heteroatoms. The minimum absolute atomic E-state index is 1.16. The Labute approximate surface area is 152 Å². The van der Waals surface area contributed by atoms with E-state index in [0.29, 0.717) is 0 Å². The fourth-order valence-corrected chi connectivity index (χ4v) is 3.48. The van der Waals surface area contributed by atoms with Gasteiger partial charge < -0.3 is 4.90 Å². The van der Waals surface area contributed by atoms with Gasteiger partial charge in [-0.3, -0.25) is 0 Å². The fourth-order valence-electron chi connectivity index (χ4n) is 3.07. The lowest BCUT2D eigenvalue weighted by molar-refractivity contribution is 1.27. The Bertz CT molecular complexity index is 978. The van der Waals surface area contributed by atoms with Crippen LogP contribution in [0.25, 0.3) is 10.8 Å². The van der Waals surface area contributed by atoms with Gasteiger partial charge in [0, 0.05) is 22.0 Å². The van der Waals surface area contributed by atoms with Gasteiger partial charge in [-0.05, 0) is 65.6 Å². The third-order valence-electron chi connectivity index (χ3n) is 4.34. The average molecular weight is 341 g/mol. The minimum atomic E-state index is 1.16. The van der Waals surface area contributed by atoms with Crippen molar-refractivity contribution >= 4 is 39.6 Å². The first kappa shape index (κ1) is 15.8. The van der Waals surface area contributed by atoms with E-state index in [1.54, 1.807) is 11.8 Å². The first-order valence-electron chi connectivity index (χ1n) is 8.33. The summed E-state index contributed by atoms with van der Waals surface area (Å²) >= 11 is 1.76. The van der Waals surface area contributed by atoms with Crippen molar-refractivity contribution in [1.29, 1.82) is 0 Å². The lowest BCUT2D eigenvalue weighted by Gasteiger charge is -2.26. The molecule has 122 valence electrons. The molecule has 0 spiro atoms. The molecule has 0 bridgehead atoms. The highest BCUT2D eigenvalue weighted by atomic mass is 32.2. The van der Waals surface area contributed by atoms with Crippen molar-refractivity contribution in [3.05, 3.63) is 97.1 Å². The van der Waals surface area contributed by atoms with Crippen molar-refractivity contribution in [3.8, 4) is 0 Å². The molecule has 0 aliphatic rings. The smallest absolute Gasteiger partial charge is 0.0468 e.